The smallest absolute Gasteiger partial charge is 0.347 e. The highest BCUT2D eigenvalue weighted by molar-refractivity contribution is 5.80. The Kier molecular flexibility index (Phi) is 5.55. The van der Waals surface area contributed by atoms with Crippen LogP contribution >= 0.6 is 0 Å². The van der Waals surface area contributed by atoms with Crippen LogP contribution in [0.1, 0.15) is 13.8 Å². The molecule has 0 aromatic rings. The van der Waals surface area contributed by atoms with Crippen LogP contribution in [-0.2, 0) is 19.1 Å². The van der Waals surface area contributed by atoms with Crippen molar-refractivity contribution in [2.24, 2.45) is 0 Å². The molecule has 0 fully saturated rings. The van der Waals surface area contributed by atoms with Crippen molar-refractivity contribution in [2.75, 3.05) is 6.61 Å². The molecule has 0 bridgehead atoms. The van der Waals surface area contributed by atoms with Gasteiger partial charge in [0.05, 0.1) is 0 Å². The molecular formula is C9H14O5. The topological polar surface area (TPSA) is 72.8 Å². The average molecular weight is 202 g/mol. The summed E-state index contributed by atoms with van der Waals surface area (Å²) in [6, 6.07) is 0. The van der Waals surface area contributed by atoms with Crippen LogP contribution in [0.4, 0.5) is 0 Å². The molecule has 5 heteroatoms. The van der Waals surface area contributed by atoms with Crippen LogP contribution in [0.5, 0.6) is 0 Å². The van der Waals surface area contributed by atoms with E-state index < -0.39 is 24.1 Å². The highest BCUT2D eigenvalue weighted by Crippen LogP contribution is 1.98. The Morgan fingerprint density at radius 2 is 2.00 bits per heavy atom. The Hall–Kier alpha value is -1.36. The van der Waals surface area contributed by atoms with Crippen molar-refractivity contribution in [2.45, 2.75) is 26.1 Å². The standard InChI is InChI=1S/C9H14O5/c1-4-5-13-9(12)7(3)14-8(11)6(2)10/h4,6-7,10H,1,5H2,2-3H3/t6-,7-/m0/s1. The predicted molar refractivity (Wildman–Crippen MR) is 48.4 cm³/mol. The molecule has 0 spiro atoms. The number of carbonyl (C=O) groups excluding carboxylic acids is 2. The molecule has 14 heavy (non-hydrogen) atoms. The minimum atomic E-state index is -1.25. The largest absolute Gasteiger partial charge is 0.459 e. The molecule has 0 radical (unpaired) electrons. The molecule has 0 aliphatic heterocycles. The number of hydrogen-bond donors (Lipinski definition) is 1. The molecule has 5 nitrogen and oxygen atoms in total. The third-order valence-corrected chi connectivity index (χ3v) is 1.31. The second kappa shape index (κ2) is 6.15. The van der Waals surface area contributed by atoms with Crippen molar-refractivity contribution < 1.29 is 24.2 Å². The van der Waals surface area contributed by atoms with Crippen molar-refractivity contribution in [3.8, 4) is 0 Å². The summed E-state index contributed by atoms with van der Waals surface area (Å²) in [5, 5.41) is 8.78. The summed E-state index contributed by atoms with van der Waals surface area (Å²) >= 11 is 0. The number of aliphatic hydroxyl groups excluding tert-OH is 1. The maximum absolute atomic E-state index is 11.0. The van der Waals surface area contributed by atoms with Gasteiger partial charge in [-0.15, -0.1) is 0 Å². The fourth-order valence-corrected chi connectivity index (χ4v) is 0.579. The second-order valence-electron chi connectivity index (χ2n) is 2.67. The van der Waals surface area contributed by atoms with Crippen LogP contribution in [0.3, 0.4) is 0 Å². The predicted octanol–water partition coefficient (Wildman–Crippen LogP) is 0.0281. The summed E-state index contributed by atoms with van der Waals surface area (Å²) < 4.78 is 9.19. The fraction of sp³-hybridized carbons (Fsp3) is 0.556. The van der Waals surface area contributed by atoms with E-state index >= 15 is 0 Å². The van der Waals surface area contributed by atoms with E-state index in [0.29, 0.717) is 0 Å². The van der Waals surface area contributed by atoms with Crippen LogP contribution in [-0.4, -0.2) is 35.9 Å². The van der Waals surface area contributed by atoms with E-state index in [1.165, 1.54) is 19.9 Å². The molecule has 0 aliphatic rings. The average Bonchev–Trinajstić information content (AvgIpc) is 2.13. The Morgan fingerprint density at radius 3 is 2.43 bits per heavy atom. The van der Waals surface area contributed by atoms with Gasteiger partial charge in [-0.1, -0.05) is 12.7 Å². The molecule has 0 rings (SSSR count). The molecule has 80 valence electrons. The second-order valence-corrected chi connectivity index (χ2v) is 2.67. The Labute approximate surface area is 82.3 Å². The van der Waals surface area contributed by atoms with Gasteiger partial charge in [-0.25, -0.2) is 9.59 Å². The Morgan fingerprint density at radius 1 is 1.43 bits per heavy atom. The summed E-state index contributed by atoms with van der Waals surface area (Å²) in [6.07, 6.45) is -0.858. The van der Waals surface area contributed by atoms with E-state index in [4.69, 9.17) is 5.11 Å². The zero-order valence-corrected chi connectivity index (χ0v) is 8.23. The van der Waals surface area contributed by atoms with Crippen molar-refractivity contribution in [1.82, 2.24) is 0 Å². The first-order valence-corrected chi connectivity index (χ1v) is 4.15. The van der Waals surface area contributed by atoms with Gasteiger partial charge in [0.1, 0.15) is 12.7 Å². The van der Waals surface area contributed by atoms with E-state index in [0.717, 1.165) is 0 Å². The molecular weight excluding hydrogens is 188 g/mol. The lowest BCUT2D eigenvalue weighted by Crippen LogP contribution is -2.30. The molecule has 0 saturated carbocycles. The number of rotatable bonds is 5. The molecule has 0 unspecified atom stereocenters. The lowest BCUT2D eigenvalue weighted by molar-refractivity contribution is -0.170. The molecule has 0 aromatic carbocycles. The lowest BCUT2D eigenvalue weighted by Gasteiger charge is -2.12. The quantitative estimate of drug-likeness (QED) is 0.503. The van der Waals surface area contributed by atoms with Gasteiger partial charge in [-0.2, -0.15) is 0 Å². The maximum Gasteiger partial charge on any atom is 0.347 e. The Bertz CT molecular complexity index is 221. The monoisotopic (exact) mass is 202 g/mol. The first-order chi connectivity index (χ1) is 6.49. The van der Waals surface area contributed by atoms with Crippen LogP contribution in [0, 0.1) is 0 Å². The fourth-order valence-electron chi connectivity index (χ4n) is 0.579. The van der Waals surface area contributed by atoms with E-state index in [9.17, 15) is 9.59 Å². The van der Waals surface area contributed by atoms with Crippen LogP contribution < -0.4 is 0 Å². The third kappa shape index (κ3) is 4.61. The van der Waals surface area contributed by atoms with Crippen molar-refractivity contribution in [3.63, 3.8) is 0 Å². The van der Waals surface area contributed by atoms with Gasteiger partial charge in [0.2, 0.25) is 0 Å². The summed E-state index contributed by atoms with van der Waals surface area (Å²) in [5.41, 5.74) is 0. The number of esters is 2. The summed E-state index contributed by atoms with van der Waals surface area (Å²) in [7, 11) is 0. The van der Waals surface area contributed by atoms with E-state index in [-0.39, 0.29) is 6.61 Å². The summed E-state index contributed by atoms with van der Waals surface area (Å²) in [4.78, 5) is 21.9. The number of carbonyl (C=O) groups is 2. The SMILES string of the molecule is C=CCOC(=O)[C@H](C)OC(=O)[C@H](C)O. The number of ether oxygens (including phenoxy) is 2. The Balaban J connectivity index is 3.94. The van der Waals surface area contributed by atoms with Gasteiger partial charge in [0.25, 0.3) is 0 Å². The first kappa shape index (κ1) is 12.6. The van der Waals surface area contributed by atoms with E-state index in [2.05, 4.69) is 16.1 Å². The third-order valence-electron chi connectivity index (χ3n) is 1.31. The zero-order chi connectivity index (χ0) is 11.1. The molecule has 1 N–H and O–H groups in total. The van der Waals surface area contributed by atoms with Crippen LogP contribution in [0.25, 0.3) is 0 Å². The minimum Gasteiger partial charge on any atom is -0.459 e. The highest BCUT2D eigenvalue weighted by Gasteiger charge is 2.21. The van der Waals surface area contributed by atoms with Crippen molar-refractivity contribution in [1.29, 1.82) is 0 Å². The van der Waals surface area contributed by atoms with Gasteiger partial charge < -0.3 is 14.6 Å². The number of hydrogen-bond acceptors (Lipinski definition) is 5. The van der Waals surface area contributed by atoms with Gasteiger partial charge >= 0.3 is 11.9 Å². The van der Waals surface area contributed by atoms with Gasteiger partial charge in [-0.05, 0) is 13.8 Å². The van der Waals surface area contributed by atoms with Crippen molar-refractivity contribution in [3.05, 3.63) is 12.7 Å². The lowest BCUT2D eigenvalue weighted by atomic mass is 10.4. The van der Waals surface area contributed by atoms with Crippen LogP contribution in [0.15, 0.2) is 12.7 Å². The molecule has 0 aliphatic carbocycles. The van der Waals surface area contributed by atoms with Gasteiger partial charge in [0, 0.05) is 0 Å². The normalized spacial score (nSPS) is 13.9. The summed E-state index contributed by atoms with van der Waals surface area (Å²) in [6.45, 7) is 6.04. The van der Waals surface area contributed by atoms with Gasteiger partial charge in [0.15, 0.2) is 6.10 Å². The molecule has 0 aromatic heterocycles. The molecule has 0 saturated heterocycles. The molecule has 2 atom stereocenters. The molecule has 0 heterocycles. The molecule has 0 amide bonds. The van der Waals surface area contributed by atoms with Crippen molar-refractivity contribution >= 4 is 11.9 Å². The minimum absolute atomic E-state index is 0.0649. The van der Waals surface area contributed by atoms with Crippen LogP contribution in [0.2, 0.25) is 0 Å². The van der Waals surface area contributed by atoms with Gasteiger partial charge in [-0.3, -0.25) is 0 Å². The highest BCUT2D eigenvalue weighted by atomic mass is 16.6. The zero-order valence-electron chi connectivity index (χ0n) is 8.23. The number of aliphatic hydroxyl groups is 1. The van der Waals surface area contributed by atoms with E-state index in [1.807, 2.05) is 0 Å². The summed E-state index contributed by atoms with van der Waals surface area (Å²) in [5.74, 6) is -1.52. The maximum atomic E-state index is 11.0. The van der Waals surface area contributed by atoms with E-state index in [1.54, 1.807) is 0 Å². The first-order valence-electron chi connectivity index (χ1n) is 4.15.